The van der Waals surface area contributed by atoms with Gasteiger partial charge in [-0.1, -0.05) is 23.2 Å². The van der Waals surface area contributed by atoms with Crippen molar-refractivity contribution in [2.45, 2.75) is 17.7 Å². The maximum atomic E-state index is 13.2. The predicted molar refractivity (Wildman–Crippen MR) is 103 cm³/mol. The summed E-state index contributed by atoms with van der Waals surface area (Å²) >= 11 is 11.8. The molecule has 8 heteroatoms. The summed E-state index contributed by atoms with van der Waals surface area (Å²) in [6, 6.07) is 12.3. The second kappa shape index (κ2) is 7.86. The molecule has 0 N–H and O–H groups in total. The minimum atomic E-state index is -3.92. The van der Waals surface area contributed by atoms with Crippen LogP contribution in [0.5, 0.6) is 0 Å². The van der Waals surface area contributed by atoms with E-state index in [1.54, 1.807) is 29.2 Å². The van der Waals surface area contributed by atoms with E-state index < -0.39 is 10.0 Å². The summed E-state index contributed by atoms with van der Waals surface area (Å²) < 4.78 is 27.4. The molecule has 0 atom stereocenters. The van der Waals surface area contributed by atoms with E-state index >= 15 is 0 Å². The van der Waals surface area contributed by atoms with Crippen LogP contribution in [-0.2, 0) is 14.8 Å². The number of rotatable bonds is 5. The Hall–Kier alpha value is -1.76. The van der Waals surface area contributed by atoms with E-state index in [-0.39, 0.29) is 17.3 Å². The Balaban J connectivity index is 1.97. The molecule has 0 spiro atoms. The van der Waals surface area contributed by atoms with Gasteiger partial charge in [-0.05, 0) is 61.4 Å². The number of anilines is 1. The molecule has 0 unspecified atom stereocenters. The highest BCUT2D eigenvalue weighted by Gasteiger charge is 2.29. The number of halogens is 2. The molecular formula is C18H18Cl2N2O3S. The van der Waals surface area contributed by atoms with Gasteiger partial charge in [0.15, 0.2) is 0 Å². The highest BCUT2D eigenvalue weighted by atomic mass is 35.5. The average molecular weight is 413 g/mol. The van der Waals surface area contributed by atoms with E-state index in [4.69, 9.17) is 23.2 Å². The van der Waals surface area contributed by atoms with E-state index in [1.807, 2.05) is 0 Å². The van der Waals surface area contributed by atoms with Crippen LogP contribution in [0, 0.1) is 0 Å². The molecule has 1 aliphatic heterocycles. The van der Waals surface area contributed by atoms with Gasteiger partial charge < -0.3 is 4.90 Å². The molecule has 5 nitrogen and oxygen atoms in total. The van der Waals surface area contributed by atoms with Crippen LogP contribution in [0.2, 0.25) is 10.0 Å². The number of amides is 1. The Morgan fingerprint density at radius 3 is 1.96 bits per heavy atom. The van der Waals surface area contributed by atoms with E-state index in [0.29, 0.717) is 28.8 Å². The van der Waals surface area contributed by atoms with E-state index in [9.17, 15) is 13.2 Å². The summed E-state index contributed by atoms with van der Waals surface area (Å²) in [5, 5.41) is 0.929. The monoisotopic (exact) mass is 412 g/mol. The molecule has 0 saturated carbocycles. The fourth-order valence-corrected chi connectivity index (χ4v) is 4.51. The summed E-state index contributed by atoms with van der Waals surface area (Å²) in [4.78, 5) is 14.4. The molecule has 0 bridgehead atoms. The van der Waals surface area contributed by atoms with Gasteiger partial charge in [0, 0.05) is 23.1 Å². The zero-order valence-electron chi connectivity index (χ0n) is 13.9. The summed E-state index contributed by atoms with van der Waals surface area (Å²) in [6.07, 6.45) is 1.88. The lowest BCUT2D eigenvalue weighted by atomic mass is 10.3. The number of carbonyl (C=O) groups excluding carboxylic acids is 1. The van der Waals surface area contributed by atoms with Crippen molar-refractivity contribution in [3.63, 3.8) is 0 Å². The van der Waals surface area contributed by atoms with Crippen molar-refractivity contribution < 1.29 is 13.2 Å². The van der Waals surface area contributed by atoms with Gasteiger partial charge in [-0.3, -0.25) is 9.10 Å². The maximum absolute atomic E-state index is 13.2. The molecule has 26 heavy (non-hydrogen) atoms. The molecule has 0 radical (unpaired) electrons. The number of hydrogen-bond donors (Lipinski definition) is 0. The number of benzene rings is 2. The van der Waals surface area contributed by atoms with Crippen LogP contribution in [0.4, 0.5) is 5.69 Å². The maximum Gasteiger partial charge on any atom is 0.264 e. The van der Waals surface area contributed by atoms with Crippen LogP contribution in [0.25, 0.3) is 0 Å². The molecule has 0 aliphatic carbocycles. The molecule has 1 amide bonds. The number of sulfonamides is 1. The Labute approximate surface area is 163 Å². The quantitative estimate of drug-likeness (QED) is 0.749. The summed E-state index contributed by atoms with van der Waals surface area (Å²) in [5.41, 5.74) is 0.386. The molecule has 1 saturated heterocycles. The molecule has 0 aromatic heterocycles. The Kier molecular flexibility index (Phi) is 5.75. The van der Waals surface area contributed by atoms with Crippen LogP contribution in [0.15, 0.2) is 53.4 Å². The van der Waals surface area contributed by atoms with Crippen molar-refractivity contribution in [1.29, 1.82) is 0 Å². The lowest BCUT2D eigenvalue weighted by molar-refractivity contribution is -0.128. The van der Waals surface area contributed by atoms with Gasteiger partial charge in [0.05, 0.1) is 10.6 Å². The van der Waals surface area contributed by atoms with Crippen molar-refractivity contribution >= 4 is 44.8 Å². The first-order valence-corrected chi connectivity index (χ1v) is 10.4. The molecule has 1 heterocycles. The SMILES string of the molecule is O=C(CN(c1ccc(Cl)cc1)S(=O)(=O)c1ccc(Cl)cc1)N1CCCC1. The van der Waals surface area contributed by atoms with Crippen molar-refractivity contribution in [2.24, 2.45) is 0 Å². The molecule has 3 rings (SSSR count). The van der Waals surface area contributed by atoms with Crippen LogP contribution in [0.3, 0.4) is 0 Å². The Morgan fingerprint density at radius 1 is 0.923 bits per heavy atom. The highest BCUT2D eigenvalue weighted by Crippen LogP contribution is 2.26. The van der Waals surface area contributed by atoms with Gasteiger partial charge in [-0.15, -0.1) is 0 Å². The van der Waals surface area contributed by atoms with Gasteiger partial charge in [-0.25, -0.2) is 8.42 Å². The van der Waals surface area contributed by atoms with Crippen molar-refractivity contribution in [3.05, 3.63) is 58.6 Å². The molecule has 1 fully saturated rings. The van der Waals surface area contributed by atoms with Crippen molar-refractivity contribution in [2.75, 3.05) is 23.9 Å². The summed E-state index contributed by atoms with van der Waals surface area (Å²) in [6.45, 7) is 1.06. The topological polar surface area (TPSA) is 57.7 Å². The number of hydrogen-bond acceptors (Lipinski definition) is 3. The first-order chi connectivity index (χ1) is 12.4. The third kappa shape index (κ3) is 4.14. The normalized spacial score (nSPS) is 14.5. The number of carbonyl (C=O) groups is 1. The average Bonchev–Trinajstić information content (AvgIpc) is 3.15. The number of likely N-dealkylation sites (tertiary alicyclic amines) is 1. The second-order valence-electron chi connectivity index (χ2n) is 6.03. The van der Waals surface area contributed by atoms with Gasteiger partial charge in [-0.2, -0.15) is 0 Å². The van der Waals surface area contributed by atoms with Gasteiger partial charge >= 0.3 is 0 Å². The lowest BCUT2D eigenvalue weighted by Crippen LogP contribution is -2.42. The largest absolute Gasteiger partial charge is 0.341 e. The zero-order valence-corrected chi connectivity index (χ0v) is 16.3. The molecule has 2 aromatic carbocycles. The van der Waals surface area contributed by atoms with Gasteiger partial charge in [0.25, 0.3) is 10.0 Å². The first kappa shape index (κ1) is 19.0. The number of nitrogens with zero attached hydrogens (tertiary/aromatic N) is 2. The van der Waals surface area contributed by atoms with Crippen molar-refractivity contribution in [1.82, 2.24) is 4.90 Å². The standard InChI is InChI=1S/C18H18Cl2N2O3S/c19-14-3-7-16(8-4-14)22(13-18(23)21-11-1-2-12-21)26(24,25)17-9-5-15(20)6-10-17/h3-10H,1-2,11-13H2. The lowest BCUT2D eigenvalue weighted by Gasteiger charge is -2.26. The summed E-state index contributed by atoms with van der Waals surface area (Å²) in [5.74, 6) is -0.213. The zero-order chi connectivity index (χ0) is 18.7. The summed E-state index contributed by atoms with van der Waals surface area (Å²) in [7, 11) is -3.92. The molecule has 138 valence electrons. The second-order valence-corrected chi connectivity index (χ2v) is 8.77. The third-order valence-electron chi connectivity index (χ3n) is 4.25. The van der Waals surface area contributed by atoms with E-state index in [2.05, 4.69) is 0 Å². The fourth-order valence-electron chi connectivity index (χ4n) is 2.85. The van der Waals surface area contributed by atoms with E-state index in [1.165, 1.54) is 24.3 Å². The Bertz CT molecular complexity index is 878. The minimum absolute atomic E-state index is 0.0751. The molecule has 2 aromatic rings. The van der Waals surface area contributed by atoms with E-state index in [0.717, 1.165) is 17.1 Å². The van der Waals surface area contributed by atoms with Crippen LogP contribution in [-0.4, -0.2) is 38.9 Å². The highest BCUT2D eigenvalue weighted by molar-refractivity contribution is 7.92. The first-order valence-electron chi connectivity index (χ1n) is 8.19. The van der Waals surface area contributed by atoms with Crippen molar-refractivity contribution in [3.8, 4) is 0 Å². The smallest absolute Gasteiger partial charge is 0.264 e. The van der Waals surface area contributed by atoms with Crippen LogP contribution < -0.4 is 4.31 Å². The fraction of sp³-hybridized carbons (Fsp3) is 0.278. The van der Waals surface area contributed by atoms with Gasteiger partial charge in [0.1, 0.15) is 6.54 Å². The minimum Gasteiger partial charge on any atom is -0.341 e. The third-order valence-corrected chi connectivity index (χ3v) is 6.55. The Morgan fingerprint density at radius 2 is 1.42 bits per heavy atom. The predicted octanol–water partition coefficient (Wildman–Crippen LogP) is 3.81. The molecular weight excluding hydrogens is 395 g/mol. The van der Waals surface area contributed by atoms with Gasteiger partial charge in [0.2, 0.25) is 5.91 Å². The van der Waals surface area contributed by atoms with Crippen LogP contribution >= 0.6 is 23.2 Å². The van der Waals surface area contributed by atoms with Crippen LogP contribution in [0.1, 0.15) is 12.8 Å². The molecule has 1 aliphatic rings.